The van der Waals surface area contributed by atoms with Gasteiger partial charge in [0.1, 0.15) is 6.07 Å². The summed E-state index contributed by atoms with van der Waals surface area (Å²) in [5, 5.41) is 20.7. The smallest absolute Gasteiger partial charge is 0.168 e. The molecule has 0 aliphatic rings. The molecule has 0 aromatic heterocycles. The fourth-order valence-electron chi connectivity index (χ4n) is 0.748. The third-order valence-electron chi connectivity index (χ3n) is 1.35. The van der Waals surface area contributed by atoms with Gasteiger partial charge in [0.2, 0.25) is 0 Å². The van der Waals surface area contributed by atoms with E-state index in [0.29, 0.717) is 0 Å². The first-order chi connectivity index (χ1) is 5.55. The standard InChI is InChI=1S/C9H14N2O/c1-4-8(11-5-2)6-9(3,12)7-10/h5-6,11-12H,2,4H2,1,3H3/b8-6+/t9-/m1/s1. The Labute approximate surface area is 73.0 Å². The summed E-state index contributed by atoms with van der Waals surface area (Å²) in [5.41, 5.74) is -0.613. The molecule has 0 fully saturated rings. The number of nitrogens with one attached hydrogen (secondary N) is 1. The predicted octanol–water partition coefficient (Wildman–Crippen LogP) is 1.29. The number of aliphatic hydroxyl groups is 1. The molecule has 66 valence electrons. The Morgan fingerprint density at radius 3 is 2.75 bits per heavy atom. The molecule has 12 heavy (non-hydrogen) atoms. The van der Waals surface area contributed by atoms with Crippen LogP contribution in [0.5, 0.6) is 0 Å². The molecule has 0 amide bonds. The maximum absolute atomic E-state index is 9.34. The SMILES string of the molecule is C=CN/C(=C/[C@@](C)(O)C#N)CC. The predicted molar refractivity (Wildman–Crippen MR) is 47.9 cm³/mol. The zero-order valence-electron chi connectivity index (χ0n) is 7.46. The topological polar surface area (TPSA) is 56.0 Å². The van der Waals surface area contributed by atoms with Gasteiger partial charge in [-0.2, -0.15) is 5.26 Å². The molecule has 0 saturated heterocycles. The first kappa shape index (κ1) is 10.7. The van der Waals surface area contributed by atoms with Gasteiger partial charge in [-0.3, -0.25) is 0 Å². The molecule has 0 heterocycles. The van der Waals surface area contributed by atoms with Gasteiger partial charge in [0, 0.05) is 5.70 Å². The van der Waals surface area contributed by atoms with Gasteiger partial charge in [-0.1, -0.05) is 13.5 Å². The summed E-state index contributed by atoms with van der Waals surface area (Å²) < 4.78 is 0. The lowest BCUT2D eigenvalue weighted by molar-refractivity contribution is 0.170. The number of hydrogen-bond donors (Lipinski definition) is 2. The maximum Gasteiger partial charge on any atom is 0.168 e. The van der Waals surface area contributed by atoms with Crippen LogP contribution in [0.1, 0.15) is 20.3 Å². The van der Waals surface area contributed by atoms with Crippen LogP contribution in [0.4, 0.5) is 0 Å². The maximum atomic E-state index is 9.34. The number of rotatable bonds is 4. The van der Waals surface area contributed by atoms with E-state index in [0.717, 1.165) is 12.1 Å². The van der Waals surface area contributed by atoms with E-state index in [1.54, 1.807) is 6.07 Å². The highest BCUT2D eigenvalue weighted by Crippen LogP contribution is 2.08. The van der Waals surface area contributed by atoms with E-state index in [1.165, 1.54) is 19.2 Å². The molecule has 0 unspecified atom stereocenters. The second kappa shape index (κ2) is 4.58. The molecular weight excluding hydrogens is 152 g/mol. The van der Waals surface area contributed by atoms with Crippen molar-refractivity contribution in [3.63, 3.8) is 0 Å². The normalized spacial score (nSPS) is 16.0. The average Bonchev–Trinajstić information content (AvgIpc) is 2.03. The summed E-state index contributed by atoms with van der Waals surface area (Å²) in [4.78, 5) is 0. The van der Waals surface area contributed by atoms with E-state index in [2.05, 4.69) is 11.9 Å². The Morgan fingerprint density at radius 1 is 1.83 bits per heavy atom. The second-order valence-electron chi connectivity index (χ2n) is 2.63. The molecule has 3 nitrogen and oxygen atoms in total. The van der Waals surface area contributed by atoms with Crippen molar-refractivity contribution < 1.29 is 5.11 Å². The van der Waals surface area contributed by atoms with Crippen LogP contribution in [0.3, 0.4) is 0 Å². The summed E-state index contributed by atoms with van der Waals surface area (Å²) in [6, 6.07) is 1.77. The lowest BCUT2D eigenvalue weighted by atomic mass is 10.1. The molecule has 0 aliphatic carbocycles. The largest absolute Gasteiger partial charge is 0.372 e. The number of hydrogen-bond acceptors (Lipinski definition) is 3. The van der Waals surface area contributed by atoms with Crippen LogP contribution in [0.15, 0.2) is 24.6 Å². The molecule has 0 bridgehead atoms. The van der Waals surface area contributed by atoms with Crippen molar-refractivity contribution in [1.82, 2.24) is 5.32 Å². The van der Waals surface area contributed by atoms with Crippen LogP contribution >= 0.6 is 0 Å². The summed E-state index contributed by atoms with van der Waals surface area (Å²) >= 11 is 0. The summed E-state index contributed by atoms with van der Waals surface area (Å²) in [7, 11) is 0. The molecule has 0 aromatic rings. The zero-order chi connectivity index (χ0) is 9.61. The molecule has 0 aromatic carbocycles. The Balaban J connectivity index is 4.49. The van der Waals surface area contributed by atoms with Gasteiger partial charge in [0.15, 0.2) is 5.60 Å². The summed E-state index contributed by atoms with van der Waals surface area (Å²) in [6.07, 6.45) is 3.72. The molecule has 3 heteroatoms. The number of nitrogens with zero attached hydrogens (tertiary/aromatic N) is 1. The second-order valence-corrected chi connectivity index (χ2v) is 2.63. The third-order valence-corrected chi connectivity index (χ3v) is 1.35. The molecule has 0 saturated carbocycles. The highest BCUT2D eigenvalue weighted by atomic mass is 16.3. The van der Waals surface area contributed by atoms with Crippen molar-refractivity contribution in [1.29, 1.82) is 5.26 Å². The van der Waals surface area contributed by atoms with Gasteiger partial charge >= 0.3 is 0 Å². The van der Waals surface area contributed by atoms with Crippen molar-refractivity contribution in [2.24, 2.45) is 0 Å². The molecule has 0 spiro atoms. The van der Waals surface area contributed by atoms with E-state index in [1.807, 2.05) is 6.92 Å². The van der Waals surface area contributed by atoms with Crippen LogP contribution in [0.25, 0.3) is 0 Å². The van der Waals surface area contributed by atoms with E-state index in [4.69, 9.17) is 5.26 Å². The molecule has 0 aliphatic heterocycles. The Morgan fingerprint density at radius 2 is 2.42 bits per heavy atom. The fraction of sp³-hybridized carbons (Fsp3) is 0.444. The van der Waals surface area contributed by atoms with Crippen LogP contribution in [0.2, 0.25) is 0 Å². The Hall–Kier alpha value is -1.27. The number of nitriles is 1. The van der Waals surface area contributed by atoms with E-state index < -0.39 is 5.60 Å². The van der Waals surface area contributed by atoms with Crippen LogP contribution in [-0.2, 0) is 0 Å². The minimum atomic E-state index is -1.40. The van der Waals surface area contributed by atoms with Crippen molar-refractivity contribution in [3.05, 3.63) is 24.6 Å². The van der Waals surface area contributed by atoms with E-state index in [-0.39, 0.29) is 0 Å². The average molecular weight is 166 g/mol. The molecule has 2 N–H and O–H groups in total. The summed E-state index contributed by atoms with van der Waals surface area (Å²) in [6.45, 7) is 6.85. The van der Waals surface area contributed by atoms with Gasteiger partial charge in [0.25, 0.3) is 0 Å². The fourth-order valence-corrected chi connectivity index (χ4v) is 0.748. The van der Waals surface area contributed by atoms with Gasteiger partial charge in [-0.15, -0.1) is 0 Å². The van der Waals surface area contributed by atoms with Gasteiger partial charge in [-0.25, -0.2) is 0 Å². The lowest BCUT2D eigenvalue weighted by Gasteiger charge is -2.11. The zero-order valence-corrected chi connectivity index (χ0v) is 7.46. The Kier molecular flexibility index (Phi) is 4.09. The molecular formula is C9H14N2O. The Bertz CT molecular complexity index is 223. The van der Waals surface area contributed by atoms with E-state index >= 15 is 0 Å². The van der Waals surface area contributed by atoms with Gasteiger partial charge in [0.05, 0.1) is 0 Å². The van der Waals surface area contributed by atoms with Crippen molar-refractivity contribution >= 4 is 0 Å². The van der Waals surface area contributed by atoms with Crippen molar-refractivity contribution in [2.45, 2.75) is 25.9 Å². The number of allylic oxidation sites excluding steroid dienone is 1. The monoisotopic (exact) mass is 166 g/mol. The molecule has 0 radical (unpaired) electrons. The van der Waals surface area contributed by atoms with Crippen LogP contribution < -0.4 is 5.32 Å². The minimum absolute atomic E-state index is 0.726. The quantitative estimate of drug-likeness (QED) is 0.619. The highest BCUT2D eigenvalue weighted by molar-refractivity contribution is 5.17. The van der Waals surface area contributed by atoms with Gasteiger partial charge < -0.3 is 10.4 Å². The van der Waals surface area contributed by atoms with Crippen molar-refractivity contribution in [2.75, 3.05) is 0 Å². The van der Waals surface area contributed by atoms with Crippen LogP contribution in [0, 0.1) is 11.3 Å². The first-order valence-corrected chi connectivity index (χ1v) is 3.78. The van der Waals surface area contributed by atoms with Crippen LogP contribution in [-0.4, -0.2) is 10.7 Å². The first-order valence-electron chi connectivity index (χ1n) is 3.78. The lowest BCUT2D eigenvalue weighted by Crippen LogP contribution is -2.20. The third kappa shape index (κ3) is 3.79. The highest BCUT2D eigenvalue weighted by Gasteiger charge is 2.15. The molecule has 0 rings (SSSR count). The summed E-state index contributed by atoms with van der Waals surface area (Å²) in [5.74, 6) is 0. The minimum Gasteiger partial charge on any atom is -0.372 e. The molecule has 1 atom stereocenters. The van der Waals surface area contributed by atoms with E-state index in [9.17, 15) is 5.11 Å². The van der Waals surface area contributed by atoms with Crippen molar-refractivity contribution in [3.8, 4) is 6.07 Å². The van der Waals surface area contributed by atoms with Gasteiger partial charge in [-0.05, 0) is 25.6 Å².